The highest BCUT2D eigenvalue weighted by Gasteiger charge is 2.42. The molecule has 0 bridgehead atoms. The Morgan fingerprint density at radius 1 is 1.45 bits per heavy atom. The smallest absolute Gasteiger partial charge is 0.390 e. The Balaban J connectivity index is 1.81. The fraction of sp³-hybridized carbons (Fsp3) is 0.444. The van der Waals surface area contributed by atoms with Crippen LogP contribution in [0.3, 0.4) is 0 Å². The minimum absolute atomic E-state index is 0.139. The highest BCUT2D eigenvalue weighted by molar-refractivity contribution is 7.84. The predicted molar refractivity (Wildman–Crippen MR) is 116 cm³/mol. The summed E-state index contributed by atoms with van der Waals surface area (Å²) >= 11 is 0.537. The molecule has 2 aromatic heterocycles. The lowest BCUT2D eigenvalue weighted by Crippen LogP contribution is -2.40. The van der Waals surface area contributed by atoms with Gasteiger partial charge < -0.3 is 15.5 Å². The number of rotatable bonds is 8. The number of allylic oxidation sites excluding steroid dienone is 1. The number of hydrogen-bond donors (Lipinski definition) is 4. The average molecular weight is 510 g/mol. The zero-order chi connectivity index (χ0) is 24.6. The van der Waals surface area contributed by atoms with E-state index in [0.29, 0.717) is 17.2 Å². The standard InChI is InChI=1S/C18H22F3N5O5S2/c1-3-14(24-11-6-9(16(27)17(11)28)8-31-33(22,29)30)26-15(23-2)7-10(25-26)12-4-5-13(32-12)18(19,20)21/h3-5,7,9,11,16-17,24,27-28H,2,6,8H2,1H3,(H2,22,29,30)/b14-3-/t9-,11-,16-,17+/m1/s1. The van der Waals surface area contributed by atoms with Crippen molar-refractivity contribution in [3.05, 3.63) is 29.2 Å². The molecular formula is C18H22F3N5O5S2. The number of nitrogens with two attached hydrogens (primary N) is 1. The minimum Gasteiger partial charge on any atom is -0.390 e. The summed E-state index contributed by atoms with van der Waals surface area (Å²) in [6.45, 7) is 4.71. The lowest BCUT2D eigenvalue weighted by atomic mass is 10.1. The molecule has 2 heterocycles. The van der Waals surface area contributed by atoms with Gasteiger partial charge in [0.05, 0.1) is 23.6 Å². The van der Waals surface area contributed by atoms with E-state index in [1.165, 1.54) is 16.8 Å². The molecule has 3 rings (SSSR count). The van der Waals surface area contributed by atoms with Crippen molar-refractivity contribution in [2.45, 2.75) is 37.8 Å². The van der Waals surface area contributed by atoms with Crippen molar-refractivity contribution in [3.63, 3.8) is 0 Å². The third-order valence-corrected chi connectivity index (χ3v) is 6.69. The summed E-state index contributed by atoms with van der Waals surface area (Å²) in [6.07, 6.45) is -5.28. The van der Waals surface area contributed by atoms with E-state index in [1.54, 1.807) is 13.0 Å². The number of halogens is 3. The second kappa shape index (κ2) is 9.52. The van der Waals surface area contributed by atoms with Crippen LogP contribution in [0.4, 0.5) is 19.0 Å². The number of hydrogen-bond acceptors (Lipinski definition) is 9. The fourth-order valence-electron chi connectivity index (χ4n) is 3.48. The van der Waals surface area contributed by atoms with E-state index in [0.717, 1.165) is 6.07 Å². The van der Waals surface area contributed by atoms with Crippen LogP contribution >= 0.6 is 11.3 Å². The zero-order valence-corrected chi connectivity index (χ0v) is 18.9. The molecule has 1 aliphatic rings. The summed E-state index contributed by atoms with van der Waals surface area (Å²) in [5, 5.41) is 32.8. The van der Waals surface area contributed by atoms with Gasteiger partial charge in [-0.05, 0) is 38.3 Å². The van der Waals surface area contributed by atoms with Crippen molar-refractivity contribution in [1.82, 2.24) is 15.1 Å². The van der Waals surface area contributed by atoms with Gasteiger partial charge in [0.25, 0.3) is 0 Å². The normalized spacial score (nSPS) is 24.3. The Morgan fingerprint density at radius 2 is 2.15 bits per heavy atom. The first-order valence-corrected chi connectivity index (χ1v) is 11.8. The fourth-order valence-corrected chi connectivity index (χ4v) is 4.67. The molecule has 182 valence electrons. The first-order chi connectivity index (χ1) is 15.3. The average Bonchev–Trinajstić information content (AvgIpc) is 3.43. The number of nitrogens with one attached hydrogen (secondary N) is 1. The van der Waals surface area contributed by atoms with Crippen molar-refractivity contribution in [1.29, 1.82) is 0 Å². The van der Waals surface area contributed by atoms with Crippen LogP contribution in [-0.4, -0.2) is 60.0 Å². The first-order valence-electron chi connectivity index (χ1n) is 9.54. The van der Waals surface area contributed by atoms with Crippen molar-refractivity contribution in [2.24, 2.45) is 16.0 Å². The molecule has 0 amide bonds. The van der Waals surface area contributed by atoms with E-state index in [1.807, 2.05) is 0 Å². The zero-order valence-electron chi connectivity index (χ0n) is 17.2. The van der Waals surface area contributed by atoms with Crippen LogP contribution in [0.5, 0.6) is 0 Å². The lowest BCUT2D eigenvalue weighted by molar-refractivity contribution is -0.134. The lowest BCUT2D eigenvalue weighted by Gasteiger charge is -2.21. The van der Waals surface area contributed by atoms with Crippen LogP contribution in [0.2, 0.25) is 0 Å². The summed E-state index contributed by atoms with van der Waals surface area (Å²) in [5.74, 6) is -0.166. The molecule has 0 spiro atoms. The molecule has 0 aliphatic heterocycles. The monoisotopic (exact) mass is 509 g/mol. The maximum Gasteiger partial charge on any atom is 0.425 e. The van der Waals surface area contributed by atoms with Gasteiger partial charge in [-0.2, -0.15) is 31.4 Å². The van der Waals surface area contributed by atoms with Gasteiger partial charge in [-0.25, -0.2) is 10.1 Å². The Kier molecular flexibility index (Phi) is 7.30. The summed E-state index contributed by atoms with van der Waals surface area (Å²) in [4.78, 5) is 3.37. The molecule has 1 aliphatic carbocycles. The molecule has 33 heavy (non-hydrogen) atoms. The maximum absolute atomic E-state index is 12.9. The third-order valence-electron chi connectivity index (χ3n) is 5.07. The van der Waals surface area contributed by atoms with E-state index in [4.69, 9.17) is 5.14 Å². The van der Waals surface area contributed by atoms with E-state index >= 15 is 0 Å². The summed E-state index contributed by atoms with van der Waals surface area (Å²) in [7, 11) is -4.21. The van der Waals surface area contributed by atoms with Gasteiger partial charge in [0.1, 0.15) is 22.5 Å². The molecule has 5 N–H and O–H groups in total. The van der Waals surface area contributed by atoms with E-state index in [2.05, 4.69) is 26.3 Å². The van der Waals surface area contributed by atoms with Gasteiger partial charge in [0.2, 0.25) is 0 Å². The number of nitrogens with zero attached hydrogens (tertiary/aromatic N) is 3. The Bertz CT molecular complexity index is 1140. The van der Waals surface area contributed by atoms with Crippen molar-refractivity contribution in [2.75, 3.05) is 6.61 Å². The molecule has 0 aromatic carbocycles. The number of aliphatic imine (C=N–C) groups is 1. The molecule has 0 saturated heterocycles. The van der Waals surface area contributed by atoms with Gasteiger partial charge in [0, 0.05) is 12.0 Å². The molecule has 0 radical (unpaired) electrons. The van der Waals surface area contributed by atoms with Crippen molar-refractivity contribution >= 4 is 40.0 Å². The van der Waals surface area contributed by atoms with Crippen molar-refractivity contribution in [3.8, 4) is 10.6 Å². The number of aliphatic hydroxyl groups is 2. The van der Waals surface area contributed by atoms with Crippen LogP contribution in [0.1, 0.15) is 18.2 Å². The third kappa shape index (κ3) is 5.80. The summed E-state index contributed by atoms with van der Waals surface area (Å²) in [6, 6.07) is 3.02. The van der Waals surface area contributed by atoms with Gasteiger partial charge in [-0.15, -0.1) is 11.3 Å². The first kappa shape index (κ1) is 25.3. The largest absolute Gasteiger partial charge is 0.425 e. The summed E-state index contributed by atoms with van der Waals surface area (Å²) in [5.41, 5.74) is 0.241. The minimum atomic E-state index is -4.47. The number of alkyl halides is 3. The molecular weight excluding hydrogens is 487 g/mol. The number of thiophene rings is 1. The Morgan fingerprint density at radius 3 is 2.70 bits per heavy atom. The molecule has 4 atom stereocenters. The summed E-state index contributed by atoms with van der Waals surface area (Å²) < 4.78 is 66.7. The second-order valence-corrected chi connectivity index (χ2v) is 9.60. The van der Waals surface area contributed by atoms with E-state index < -0.39 is 52.1 Å². The van der Waals surface area contributed by atoms with E-state index in [9.17, 15) is 31.8 Å². The quantitative estimate of drug-likeness (QED) is 0.395. The molecule has 0 unspecified atom stereocenters. The Labute approximate surface area is 191 Å². The van der Waals surface area contributed by atoms with Crippen LogP contribution in [0.25, 0.3) is 16.4 Å². The van der Waals surface area contributed by atoms with E-state index in [-0.39, 0.29) is 22.8 Å². The molecule has 15 heteroatoms. The molecule has 1 saturated carbocycles. The molecule has 1 fully saturated rings. The van der Waals surface area contributed by atoms with Gasteiger partial charge in [0.15, 0.2) is 5.82 Å². The Hall–Kier alpha value is -2.30. The van der Waals surface area contributed by atoms with Crippen LogP contribution in [0, 0.1) is 5.92 Å². The molecule has 2 aromatic rings. The number of aliphatic hydroxyl groups excluding tert-OH is 2. The van der Waals surface area contributed by atoms with Crippen molar-refractivity contribution < 1.29 is 36.0 Å². The van der Waals surface area contributed by atoms with Crippen LogP contribution < -0.4 is 10.5 Å². The number of aromatic nitrogens is 2. The highest BCUT2D eigenvalue weighted by Crippen LogP contribution is 2.39. The van der Waals surface area contributed by atoms with Gasteiger partial charge >= 0.3 is 16.5 Å². The second-order valence-electron chi connectivity index (χ2n) is 7.30. The maximum atomic E-state index is 12.9. The predicted octanol–water partition coefficient (Wildman–Crippen LogP) is 1.70. The SMILES string of the molecule is C=Nc1cc(-c2ccc(C(F)(F)F)s2)nn1/C(=C\C)N[C@@H]1C[C@H](COS(N)(=O)=O)[C@@H](O)[C@H]1O. The molecule has 10 nitrogen and oxygen atoms in total. The van der Waals surface area contributed by atoms with Crippen LogP contribution in [-0.2, 0) is 20.7 Å². The van der Waals surface area contributed by atoms with Crippen LogP contribution in [0.15, 0.2) is 29.3 Å². The highest BCUT2D eigenvalue weighted by atomic mass is 32.2. The van der Waals surface area contributed by atoms with Gasteiger partial charge in [-0.1, -0.05) is 0 Å². The van der Waals surface area contributed by atoms with Gasteiger partial charge in [-0.3, -0.25) is 4.18 Å². The topological polar surface area (TPSA) is 152 Å².